The van der Waals surface area contributed by atoms with Crippen LogP contribution in [0.15, 0.2) is 17.0 Å². The standard InChI is InChI=1S/C9H5F3O2S/c10-5-1-2-6(15-9(11)12)4-3-14-8(13)7(4)5/h1-2,9H,3H2. The summed E-state index contributed by atoms with van der Waals surface area (Å²) < 4.78 is 42.0. The van der Waals surface area contributed by atoms with E-state index in [0.717, 1.165) is 6.07 Å². The van der Waals surface area contributed by atoms with Gasteiger partial charge in [-0.1, -0.05) is 11.8 Å². The Morgan fingerprint density at radius 1 is 1.40 bits per heavy atom. The number of fused-ring (bicyclic) bond motifs is 1. The molecule has 0 aliphatic carbocycles. The molecule has 2 nitrogen and oxygen atoms in total. The fourth-order valence-electron chi connectivity index (χ4n) is 1.38. The van der Waals surface area contributed by atoms with Crippen molar-refractivity contribution in [2.75, 3.05) is 0 Å². The van der Waals surface area contributed by atoms with Gasteiger partial charge >= 0.3 is 5.97 Å². The second kappa shape index (κ2) is 3.77. The summed E-state index contributed by atoms with van der Waals surface area (Å²) >= 11 is 0.282. The topological polar surface area (TPSA) is 26.3 Å². The Morgan fingerprint density at radius 3 is 2.80 bits per heavy atom. The average molecular weight is 234 g/mol. The summed E-state index contributed by atoms with van der Waals surface area (Å²) in [6.45, 7) is -0.138. The Hall–Kier alpha value is -1.17. The second-order valence-corrected chi connectivity index (χ2v) is 3.89. The third-order valence-corrected chi connectivity index (χ3v) is 2.80. The van der Waals surface area contributed by atoms with Crippen molar-refractivity contribution in [2.45, 2.75) is 17.3 Å². The first-order chi connectivity index (χ1) is 7.09. The summed E-state index contributed by atoms with van der Waals surface area (Å²) in [5.41, 5.74) is -0.00838. The lowest BCUT2D eigenvalue weighted by molar-refractivity contribution is 0.0531. The first-order valence-electron chi connectivity index (χ1n) is 4.03. The maximum Gasteiger partial charge on any atom is 0.341 e. The number of carbonyl (C=O) groups is 1. The van der Waals surface area contributed by atoms with Gasteiger partial charge in [0.1, 0.15) is 18.0 Å². The largest absolute Gasteiger partial charge is 0.457 e. The molecule has 0 spiro atoms. The van der Waals surface area contributed by atoms with Crippen LogP contribution in [0, 0.1) is 5.82 Å². The summed E-state index contributed by atoms with van der Waals surface area (Å²) in [6, 6.07) is 2.23. The molecule has 0 N–H and O–H groups in total. The highest BCUT2D eigenvalue weighted by Gasteiger charge is 2.28. The van der Waals surface area contributed by atoms with E-state index in [1.54, 1.807) is 0 Å². The predicted molar refractivity (Wildman–Crippen MR) is 47.4 cm³/mol. The smallest absolute Gasteiger partial charge is 0.341 e. The van der Waals surface area contributed by atoms with Gasteiger partial charge in [-0.05, 0) is 12.1 Å². The number of hydrogen-bond acceptors (Lipinski definition) is 3. The molecule has 6 heteroatoms. The van der Waals surface area contributed by atoms with E-state index in [2.05, 4.69) is 4.74 Å². The molecule has 2 rings (SSSR count). The molecule has 0 unspecified atom stereocenters. The van der Waals surface area contributed by atoms with Crippen LogP contribution in [0.4, 0.5) is 13.2 Å². The predicted octanol–water partition coefficient (Wildman–Crippen LogP) is 2.81. The second-order valence-electron chi connectivity index (χ2n) is 2.85. The number of benzene rings is 1. The third kappa shape index (κ3) is 1.81. The number of halogens is 3. The fourth-order valence-corrected chi connectivity index (χ4v) is 2.02. The van der Waals surface area contributed by atoms with Gasteiger partial charge in [0.25, 0.3) is 5.76 Å². The molecule has 1 aromatic rings. The first-order valence-corrected chi connectivity index (χ1v) is 4.91. The van der Waals surface area contributed by atoms with Crippen molar-refractivity contribution >= 4 is 17.7 Å². The molecule has 0 saturated carbocycles. The maximum atomic E-state index is 13.2. The van der Waals surface area contributed by atoms with Crippen LogP contribution in [0.25, 0.3) is 0 Å². The van der Waals surface area contributed by atoms with Gasteiger partial charge in [-0.2, -0.15) is 8.78 Å². The molecule has 15 heavy (non-hydrogen) atoms. The molecular weight excluding hydrogens is 229 g/mol. The lowest BCUT2D eigenvalue weighted by atomic mass is 10.1. The minimum Gasteiger partial charge on any atom is -0.457 e. The Morgan fingerprint density at radius 2 is 2.13 bits per heavy atom. The molecule has 0 fully saturated rings. The van der Waals surface area contributed by atoms with Gasteiger partial charge in [0.15, 0.2) is 0 Å². The Balaban J connectivity index is 2.47. The number of esters is 1. The van der Waals surface area contributed by atoms with Crippen molar-refractivity contribution in [3.8, 4) is 0 Å². The number of carbonyl (C=O) groups excluding carboxylic acids is 1. The number of rotatable bonds is 2. The molecule has 0 atom stereocenters. The summed E-state index contributed by atoms with van der Waals surface area (Å²) in [4.78, 5) is 11.3. The van der Waals surface area contributed by atoms with E-state index in [1.807, 2.05) is 0 Å². The van der Waals surface area contributed by atoms with Crippen LogP contribution >= 0.6 is 11.8 Å². The molecule has 1 heterocycles. The Kier molecular flexibility index (Phi) is 2.60. The Labute approximate surface area is 87.4 Å². The van der Waals surface area contributed by atoms with E-state index in [-0.39, 0.29) is 34.4 Å². The lowest BCUT2D eigenvalue weighted by Gasteiger charge is -2.04. The minimum atomic E-state index is -2.60. The van der Waals surface area contributed by atoms with Crippen LogP contribution < -0.4 is 0 Å². The van der Waals surface area contributed by atoms with Crippen molar-refractivity contribution in [3.05, 3.63) is 29.1 Å². The average Bonchev–Trinajstić information content (AvgIpc) is 2.53. The molecule has 0 bridgehead atoms. The fraction of sp³-hybridized carbons (Fsp3) is 0.222. The molecular formula is C9H5F3O2S. The van der Waals surface area contributed by atoms with Crippen LogP contribution in [0.2, 0.25) is 0 Å². The van der Waals surface area contributed by atoms with Crippen LogP contribution in [-0.4, -0.2) is 11.7 Å². The molecule has 0 saturated heterocycles. The quantitative estimate of drug-likeness (QED) is 0.581. The van der Waals surface area contributed by atoms with Gasteiger partial charge in [0, 0.05) is 10.5 Å². The van der Waals surface area contributed by atoms with Gasteiger partial charge in [0.05, 0.1) is 0 Å². The van der Waals surface area contributed by atoms with Crippen molar-refractivity contribution in [1.29, 1.82) is 0 Å². The summed E-state index contributed by atoms with van der Waals surface area (Å²) in [7, 11) is 0. The Bertz CT molecular complexity index is 420. The van der Waals surface area contributed by atoms with Crippen LogP contribution in [-0.2, 0) is 11.3 Å². The van der Waals surface area contributed by atoms with E-state index < -0.39 is 17.5 Å². The summed E-state index contributed by atoms with van der Waals surface area (Å²) in [6.07, 6.45) is 0. The maximum absolute atomic E-state index is 13.2. The zero-order valence-electron chi connectivity index (χ0n) is 7.30. The molecule has 1 aliphatic heterocycles. The van der Waals surface area contributed by atoms with E-state index in [4.69, 9.17) is 0 Å². The zero-order chi connectivity index (χ0) is 11.0. The van der Waals surface area contributed by atoms with Crippen LogP contribution in [0.1, 0.15) is 15.9 Å². The van der Waals surface area contributed by atoms with Gasteiger partial charge < -0.3 is 4.74 Å². The number of ether oxygens (including phenoxy) is 1. The van der Waals surface area contributed by atoms with Crippen LogP contribution in [0.3, 0.4) is 0 Å². The zero-order valence-corrected chi connectivity index (χ0v) is 8.11. The molecule has 0 aromatic heterocycles. The van der Waals surface area contributed by atoms with E-state index in [0.29, 0.717) is 0 Å². The van der Waals surface area contributed by atoms with Crippen molar-refractivity contribution in [3.63, 3.8) is 0 Å². The van der Waals surface area contributed by atoms with Crippen molar-refractivity contribution in [1.82, 2.24) is 0 Å². The highest BCUT2D eigenvalue weighted by Crippen LogP contribution is 2.35. The minimum absolute atomic E-state index is 0.138. The van der Waals surface area contributed by atoms with Crippen molar-refractivity contribution < 1.29 is 22.7 Å². The monoisotopic (exact) mass is 234 g/mol. The number of thioether (sulfide) groups is 1. The van der Waals surface area contributed by atoms with Crippen molar-refractivity contribution in [2.24, 2.45) is 0 Å². The summed E-state index contributed by atoms with van der Waals surface area (Å²) in [5.74, 6) is -4.12. The van der Waals surface area contributed by atoms with Gasteiger partial charge in [-0.3, -0.25) is 0 Å². The van der Waals surface area contributed by atoms with Gasteiger partial charge in [-0.25, -0.2) is 9.18 Å². The number of hydrogen-bond donors (Lipinski definition) is 0. The van der Waals surface area contributed by atoms with Crippen LogP contribution in [0.5, 0.6) is 0 Å². The molecule has 0 radical (unpaired) electrons. The molecule has 0 amide bonds. The highest BCUT2D eigenvalue weighted by molar-refractivity contribution is 7.99. The molecule has 1 aliphatic rings. The molecule has 80 valence electrons. The number of cyclic esters (lactones) is 1. The van der Waals surface area contributed by atoms with Gasteiger partial charge in [0.2, 0.25) is 0 Å². The highest BCUT2D eigenvalue weighted by atomic mass is 32.2. The number of alkyl halides is 2. The first kappa shape index (κ1) is 10.4. The lowest BCUT2D eigenvalue weighted by Crippen LogP contribution is -1.98. The van der Waals surface area contributed by atoms with E-state index in [9.17, 15) is 18.0 Å². The molecule has 1 aromatic carbocycles. The van der Waals surface area contributed by atoms with E-state index >= 15 is 0 Å². The van der Waals surface area contributed by atoms with Gasteiger partial charge in [-0.15, -0.1) is 0 Å². The van der Waals surface area contributed by atoms with E-state index in [1.165, 1.54) is 6.07 Å². The third-order valence-electron chi connectivity index (χ3n) is 1.99. The SMILES string of the molecule is O=C1OCc2c(SC(F)F)ccc(F)c21. The normalized spacial score (nSPS) is 14.3. The summed E-state index contributed by atoms with van der Waals surface area (Å²) in [5, 5.41) is 0.